The minimum absolute atomic E-state index is 0.0384. The number of hydrogen-bond acceptors (Lipinski definition) is 7. The summed E-state index contributed by atoms with van der Waals surface area (Å²) in [7, 11) is 0. The minimum atomic E-state index is -0.500. The van der Waals surface area contributed by atoms with Gasteiger partial charge in [-0.2, -0.15) is 14.6 Å². The third kappa shape index (κ3) is 2.37. The van der Waals surface area contributed by atoms with Gasteiger partial charge in [0.1, 0.15) is 5.69 Å². The van der Waals surface area contributed by atoms with Crippen LogP contribution in [0, 0.1) is 17.0 Å². The molecule has 2 aromatic heterocycles. The number of non-ortho nitro benzene ring substituents is 1. The van der Waals surface area contributed by atoms with Gasteiger partial charge in [-0.3, -0.25) is 19.7 Å². The highest BCUT2D eigenvalue weighted by atomic mass is 32.1. The number of aryl methyl sites for hydroxylation is 1. The normalized spacial score (nSPS) is 10.8. The third-order valence-corrected chi connectivity index (χ3v) is 3.99. The van der Waals surface area contributed by atoms with E-state index >= 15 is 0 Å². The third-order valence-electron chi connectivity index (χ3n) is 2.97. The van der Waals surface area contributed by atoms with Crippen molar-refractivity contribution in [3.05, 3.63) is 66.8 Å². The van der Waals surface area contributed by atoms with Gasteiger partial charge in [-0.25, -0.2) is 0 Å². The average Bonchev–Trinajstić information content (AvgIpc) is 2.49. The zero-order chi connectivity index (χ0) is 15.9. The van der Waals surface area contributed by atoms with Crippen molar-refractivity contribution in [2.45, 2.75) is 6.92 Å². The number of aromatic nitrogens is 3. The van der Waals surface area contributed by atoms with Crippen molar-refractivity contribution in [3.8, 4) is 10.4 Å². The Morgan fingerprint density at radius 1 is 1.23 bits per heavy atom. The van der Waals surface area contributed by atoms with E-state index in [1.807, 2.05) is 0 Å². The fourth-order valence-electron chi connectivity index (χ4n) is 1.85. The second-order valence-corrected chi connectivity index (χ2v) is 5.46. The molecule has 110 valence electrons. The molecule has 3 rings (SSSR count). The summed E-state index contributed by atoms with van der Waals surface area (Å²) in [6.07, 6.45) is 0. The molecule has 0 saturated carbocycles. The summed E-state index contributed by atoms with van der Waals surface area (Å²) in [6, 6.07) is 7.14. The quantitative estimate of drug-likeness (QED) is 0.522. The molecule has 2 heterocycles. The number of benzene rings is 1. The number of fused-ring (bicyclic) bond motifs is 1. The Hall–Kier alpha value is -2.94. The molecule has 0 aliphatic rings. The van der Waals surface area contributed by atoms with Crippen LogP contribution in [0.25, 0.3) is 15.4 Å². The monoisotopic (exact) mass is 316 g/mol. The summed E-state index contributed by atoms with van der Waals surface area (Å²) in [4.78, 5) is 38.3. The van der Waals surface area contributed by atoms with E-state index in [0.717, 1.165) is 15.9 Å². The zero-order valence-electron chi connectivity index (χ0n) is 11.2. The Balaban J connectivity index is 2.19. The van der Waals surface area contributed by atoms with Gasteiger partial charge >= 0.3 is 0 Å². The van der Waals surface area contributed by atoms with E-state index in [4.69, 9.17) is 0 Å². The van der Waals surface area contributed by atoms with Crippen LogP contribution in [-0.2, 0) is 0 Å². The summed E-state index contributed by atoms with van der Waals surface area (Å²) in [6.45, 7) is 1.48. The Morgan fingerprint density at radius 3 is 2.55 bits per heavy atom. The lowest BCUT2D eigenvalue weighted by Crippen LogP contribution is -2.23. The molecule has 3 aromatic rings. The predicted molar refractivity (Wildman–Crippen MR) is 80.2 cm³/mol. The molecule has 0 aliphatic carbocycles. The zero-order valence-corrected chi connectivity index (χ0v) is 12.0. The van der Waals surface area contributed by atoms with Gasteiger partial charge < -0.3 is 0 Å². The molecular weight excluding hydrogens is 308 g/mol. The number of nitro groups is 1. The van der Waals surface area contributed by atoms with E-state index in [2.05, 4.69) is 10.1 Å². The molecule has 0 radical (unpaired) electrons. The predicted octanol–water partition coefficient (Wildman–Crippen LogP) is 1.39. The van der Waals surface area contributed by atoms with Crippen LogP contribution in [0.2, 0.25) is 0 Å². The molecule has 0 N–H and O–H groups in total. The lowest BCUT2D eigenvalue weighted by atomic mass is 10.2. The van der Waals surface area contributed by atoms with Gasteiger partial charge in [0.25, 0.3) is 16.8 Å². The standard InChI is InChI=1S/C13H8N4O4S/c1-7-12(19)14-13-16(15-7)11(18)6-10(22-13)8-2-4-9(5-3-8)17(20)21/h2-6H,1H3. The topological polar surface area (TPSA) is 107 Å². The Labute approximate surface area is 126 Å². The van der Waals surface area contributed by atoms with Crippen LogP contribution in [0.4, 0.5) is 5.69 Å². The van der Waals surface area contributed by atoms with Gasteiger partial charge in [-0.1, -0.05) is 11.3 Å². The lowest BCUT2D eigenvalue weighted by molar-refractivity contribution is -0.384. The first-order chi connectivity index (χ1) is 10.5. The van der Waals surface area contributed by atoms with Gasteiger partial charge in [0.05, 0.1) is 4.92 Å². The van der Waals surface area contributed by atoms with Gasteiger partial charge in [-0.15, -0.1) is 0 Å². The highest BCUT2D eigenvalue weighted by molar-refractivity contribution is 7.19. The summed E-state index contributed by atoms with van der Waals surface area (Å²) in [5, 5.41) is 14.5. The summed E-state index contributed by atoms with van der Waals surface area (Å²) < 4.78 is 1.07. The van der Waals surface area contributed by atoms with Crippen LogP contribution in [-0.4, -0.2) is 19.5 Å². The number of nitrogens with zero attached hydrogens (tertiary/aromatic N) is 4. The van der Waals surface area contributed by atoms with E-state index in [1.165, 1.54) is 25.1 Å². The summed E-state index contributed by atoms with van der Waals surface area (Å²) in [5.41, 5.74) is -0.173. The maximum Gasteiger partial charge on any atom is 0.295 e. The van der Waals surface area contributed by atoms with Gasteiger partial charge in [-0.05, 0) is 24.6 Å². The van der Waals surface area contributed by atoms with Crippen molar-refractivity contribution in [3.63, 3.8) is 0 Å². The smallest absolute Gasteiger partial charge is 0.267 e. The second kappa shape index (κ2) is 5.11. The van der Waals surface area contributed by atoms with Crippen LogP contribution in [0.5, 0.6) is 0 Å². The minimum Gasteiger partial charge on any atom is -0.267 e. The highest BCUT2D eigenvalue weighted by Gasteiger charge is 2.10. The number of rotatable bonds is 2. The maximum atomic E-state index is 12.1. The number of nitro benzene ring substituents is 1. The average molecular weight is 316 g/mol. The molecule has 0 fully saturated rings. The molecule has 0 amide bonds. The molecule has 8 nitrogen and oxygen atoms in total. The lowest BCUT2D eigenvalue weighted by Gasteiger charge is -2.03. The van der Waals surface area contributed by atoms with E-state index in [-0.39, 0.29) is 16.3 Å². The van der Waals surface area contributed by atoms with Crippen molar-refractivity contribution in [1.82, 2.24) is 14.6 Å². The van der Waals surface area contributed by atoms with Gasteiger partial charge in [0, 0.05) is 23.1 Å². The molecule has 1 aromatic carbocycles. The van der Waals surface area contributed by atoms with Crippen LogP contribution >= 0.6 is 11.3 Å². The van der Waals surface area contributed by atoms with Crippen LogP contribution < -0.4 is 11.1 Å². The van der Waals surface area contributed by atoms with Crippen molar-refractivity contribution in [1.29, 1.82) is 0 Å². The molecule has 0 saturated heterocycles. The van der Waals surface area contributed by atoms with Gasteiger partial charge in [0.15, 0.2) is 0 Å². The Bertz CT molecular complexity index is 1010. The van der Waals surface area contributed by atoms with Crippen molar-refractivity contribution in [2.24, 2.45) is 0 Å². The second-order valence-electron chi connectivity index (χ2n) is 4.45. The Kier molecular flexibility index (Phi) is 3.26. The Morgan fingerprint density at radius 2 is 1.91 bits per heavy atom. The molecule has 9 heteroatoms. The molecule has 0 unspecified atom stereocenters. The first kappa shape index (κ1) is 14.0. The number of hydrogen-bond donors (Lipinski definition) is 0. The van der Waals surface area contributed by atoms with Gasteiger partial charge in [0.2, 0.25) is 4.96 Å². The molecule has 0 atom stereocenters. The fraction of sp³-hybridized carbons (Fsp3) is 0.0769. The van der Waals surface area contributed by atoms with Crippen molar-refractivity contribution < 1.29 is 4.92 Å². The molecular formula is C13H8N4O4S. The first-order valence-electron chi connectivity index (χ1n) is 6.12. The first-order valence-corrected chi connectivity index (χ1v) is 6.94. The molecule has 22 heavy (non-hydrogen) atoms. The maximum absolute atomic E-state index is 12.1. The molecule has 0 spiro atoms. The molecule has 0 aliphatic heterocycles. The molecule has 0 bridgehead atoms. The summed E-state index contributed by atoms with van der Waals surface area (Å²) >= 11 is 1.11. The fourth-order valence-corrected chi connectivity index (χ4v) is 2.81. The van der Waals surface area contributed by atoms with Crippen LogP contribution in [0.1, 0.15) is 5.69 Å². The SMILES string of the molecule is Cc1nn2c(=O)cc(-c3ccc([N+](=O)[O-])cc3)sc2nc1=O. The van der Waals surface area contributed by atoms with E-state index < -0.39 is 16.0 Å². The van der Waals surface area contributed by atoms with Crippen LogP contribution in [0.15, 0.2) is 39.9 Å². The highest BCUT2D eigenvalue weighted by Crippen LogP contribution is 2.25. The van der Waals surface area contributed by atoms with E-state index in [9.17, 15) is 19.7 Å². The van der Waals surface area contributed by atoms with Crippen molar-refractivity contribution in [2.75, 3.05) is 0 Å². The summed E-state index contributed by atoms with van der Waals surface area (Å²) in [5.74, 6) is 0. The van der Waals surface area contributed by atoms with E-state index in [1.54, 1.807) is 12.1 Å². The van der Waals surface area contributed by atoms with Crippen LogP contribution in [0.3, 0.4) is 0 Å². The largest absolute Gasteiger partial charge is 0.295 e. The van der Waals surface area contributed by atoms with Crippen molar-refractivity contribution >= 4 is 22.0 Å². The van der Waals surface area contributed by atoms with E-state index in [0.29, 0.717) is 10.4 Å².